The Balaban J connectivity index is 4.53. The van der Waals surface area contributed by atoms with Crippen LogP contribution in [0.15, 0.2) is 11.5 Å². The molecule has 0 saturated carbocycles. The molecule has 2 nitrogen and oxygen atoms in total. The fourth-order valence-electron chi connectivity index (χ4n) is 1.18. The minimum Gasteiger partial charge on any atom is -0.549 e. The predicted octanol–water partition coefficient (Wildman–Crippen LogP) is 4.09. The standard InChI is InChI=1S/C11H25O2Si2/c1-7-8-9-10-11(15(5,6)12)13-14(2,3)4/h10H,7-9H2,1-6H3/b11-10+. The second-order valence-corrected chi connectivity index (χ2v) is 13.4. The van der Waals surface area contributed by atoms with E-state index >= 15 is 0 Å². The zero-order chi connectivity index (χ0) is 12.1. The molecule has 0 atom stereocenters. The topological polar surface area (TPSA) is 29.1 Å². The predicted molar refractivity (Wildman–Crippen MR) is 70.2 cm³/mol. The minimum atomic E-state index is -2.52. The molecular formula is C11H25O2Si2. The maximum absolute atomic E-state index is 12.0. The Morgan fingerprint density at radius 2 is 1.73 bits per heavy atom. The molecule has 0 bridgehead atoms. The maximum atomic E-state index is 12.0. The molecule has 0 amide bonds. The van der Waals surface area contributed by atoms with Crippen LogP contribution in [0.25, 0.3) is 0 Å². The average Bonchev–Trinajstić information content (AvgIpc) is 1.99. The number of allylic oxidation sites excluding steroid dienone is 1. The second-order valence-electron chi connectivity index (χ2n) is 5.44. The van der Waals surface area contributed by atoms with Crippen molar-refractivity contribution in [2.24, 2.45) is 0 Å². The Kier molecular flexibility index (Phi) is 5.84. The van der Waals surface area contributed by atoms with Gasteiger partial charge in [0.15, 0.2) is 0 Å². The van der Waals surface area contributed by atoms with Crippen molar-refractivity contribution >= 4 is 16.6 Å². The van der Waals surface area contributed by atoms with Crippen LogP contribution >= 0.6 is 0 Å². The monoisotopic (exact) mass is 245 g/mol. The highest BCUT2D eigenvalue weighted by Crippen LogP contribution is 2.20. The van der Waals surface area contributed by atoms with Crippen molar-refractivity contribution in [3.8, 4) is 0 Å². The molecule has 0 N–H and O–H groups in total. The van der Waals surface area contributed by atoms with E-state index in [0.29, 0.717) is 0 Å². The van der Waals surface area contributed by atoms with Gasteiger partial charge in [0.25, 0.3) is 8.32 Å². The summed E-state index contributed by atoms with van der Waals surface area (Å²) < 4.78 is 5.90. The molecule has 0 aliphatic carbocycles. The highest BCUT2D eigenvalue weighted by atomic mass is 28.4. The van der Waals surface area contributed by atoms with Crippen LogP contribution in [0, 0.1) is 0 Å². The first-order valence-corrected chi connectivity index (χ1v) is 12.1. The lowest BCUT2D eigenvalue weighted by Gasteiger charge is -2.26. The molecule has 89 valence electrons. The summed E-state index contributed by atoms with van der Waals surface area (Å²) in [4.78, 5) is 12.0. The van der Waals surface area contributed by atoms with Crippen LogP contribution in [-0.4, -0.2) is 16.6 Å². The second kappa shape index (κ2) is 5.87. The van der Waals surface area contributed by atoms with E-state index in [1.165, 1.54) is 0 Å². The van der Waals surface area contributed by atoms with E-state index in [1.807, 2.05) is 19.2 Å². The highest BCUT2D eigenvalue weighted by Gasteiger charge is 2.31. The molecule has 0 saturated heterocycles. The van der Waals surface area contributed by atoms with Crippen LogP contribution < -0.4 is 0 Å². The summed E-state index contributed by atoms with van der Waals surface area (Å²) in [5.74, 6) is 0. The summed E-state index contributed by atoms with van der Waals surface area (Å²) >= 11 is 0. The number of hydrogen-bond acceptors (Lipinski definition) is 1. The minimum absolute atomic E-state index is 0.773. The fourth-order valence-corrected chi connectivity index (χ4v) is 4.46. The average molecular weight is 245 g/mol. The summed E-state index contributed by atoms with van der Waals surface area (Å²) in [6.07, 6.45) is 5.33. The zero-order valence-corrected chi connectivity index (χ0v) is 13.0. The molecule has 15 heavy (non-hydrogen) atoms. The van der Waals surface area contributed by atoms with Crippen LogP contribution in [0.4, 0.5) is 0 Å². The van der Waals surface area contributed by atoms with E-state index in [2.05, 4.69) is 26.6 Å². The summed E-state index contributed by atoms with van der Waals surface area (Å²) in [7, 11) is -4.15. The van der Waals surface area contributed by atoms with Gasteiger partial charge in [0, 0.05) is 0 Å². The Labute approximate surface area is 96.6 Å². The zero-order valence-electron chi connectivity index (χ0n) is 11.0. The van der Waals surface area contributed by atoms with Gasteiger partial charge in [0.2, 0.25) is 8.32 Å². The molecule has 0 heterocycles. The molecular weight excluding hydrogens is 220 g/mol. The van der Waals surface area contributed by atoms with E-state index in [4.69, 9.17) is 4.43 Å². The first-order chi connectivity index (χ1) is 6.67. The molecule has 0 aromatic heterocycles. The number of unbranched alkanes of at least 4 members (excludes halogenated alkanes) is 2. The van der Waals surface area contributed by atoms with Crippen molar-refractivity contribution in [2.75, 3.05) is 0 Å². The molecule has 4 heteroatoms. The smallest absolute Gasteiger partial charge is 0.297 e. The summed E-state index contributed by atoms with van der Waals surface area (Å²) in [6.45, 7) is 12.2. The molecule has 0 spiro atoms. The third-order valence-corrected chi connectivity index (χ3v) is 4.43. The third kappa shape index (κ3) is 7.82. The van der Waals surface area contributed by atoms with Crippen LogP contribution in [-0.2, 0) is 9.22 Å². The van der Waals surface area contributed by atoms with E-state index in [9.17, 15) is 4.80 Å². The summed E-state index contributed by atoms with van der Waals surface area (Å²) in [5, 5.41) is 0.773. The lowest BCUT2D eigenvalue weighted by molar-refractivity contribution is 0.377. The van der Waals surface area contributed by atoms with Crippen molar-refractivity contribution in [1.82, 2.24) is 0 Å². The fraction of sp³-hybridized carbons (Fsp3) is 0.818. The summed E-state index contributed by atoms with van der Waals surface area (Å²) in [6, 6.07) is 0. The van der Waals surface area contributed by atoms with E-state index < -0.39 is 16.6 Å². The quantitative estimate of drug-likeness (QED) is 0.394. The van der Waals surface area contributed by atoms with E-state index in [1.54, 1.807) is 0 Å². The highest BCUT2D eigenvalue weighted by molar-refractivity contribution is 6.79. The SMILES string of the molecule is CCCC/C=C(\O[Si](C)(C)C)[Si](C)(C)[O]. The van der Waals surface area contributed by atoms with Gasteiger partial charge in [-0.05, 0) is 45.6 Å². The number of rotatable bonds is 6. The van der Waals surface area contributed by atoms with Crippen molar-refractivity contribution in [3.63, 3.8) is 0 Å². The molecule has 0 aromatic carbocycles. The molecule has 0 aliphatic rings. The van der Waals surface area contributed by atoms with Crippen molar-refractivity contribution in [1.29, 1.82) is 0 Å². The van der Waals surface area contributed by atoms with E-state index in [-0.39, 0.29) is 0 Å². The lowest BCUT2D eigenvalue weighted by Crippen LogP contribution is -2.36. The first-order valence-electron chi connectivity index (χ1n) is 5.77. The summed E-state index contributed by atoms with van der Waals surface area (Å²) in [5.41, 5.74) is 0. The van der Waals surface area contributed by atoms with Gasteiger partial charge < -0.3 is 4.43 Å². The van der Waals surface area contributed by atoms with Gasteiger partial charge >= 0.3 is 0 Å². The third-order valence-electron chi connectivity index (χ3n) is 1.90. The van der Waals surface area contributed by atoms with Crippen LogP contribution in [0.2, 0.25) is 32.7 Å². The Hall–Kier alpha value is -0.0662. The van der Waals surface area contributed by atoms with Crippen molar-refractivity contribution in [2.45, 2.75) is 58.9 Å². The van der Waals surface area contributed by atoms with Crippen LogP contribution in [0.3, 0.4) is 0 Å². The van der Waals surface area contributed by atoms with Gasteiger partial charge in [-0.3, -0.25) is 4.80 Å². The molecule has 1 radical (unpaired) electrons. The van der Waals surface area contributed by atoms with Gasteiger partial charge in [-0.15, -0.1) is 0 Å². The maximum Gasteiger partial charge on any atom is 0.297 e. The van der Waals surface area contributed by atoms with Gasteiger partial charge in [-0.1, -0.05) is 19.4 Å². The Bertz CT molecular complexity index is 212. The number of hydrogen-bond donors (Lipinski definition) is 0. The van der Waals surface area contributed by atoms with E-state index in [0.717, 1.165) is 24.6 Å². The van der Waals surface area contributed by atoms with Gasteiger partial charge in [-0.2, -0.15) is 0 Å². The van der Waals surface area contributed by atoms with Crippen molar-refractivity contribution < 1.29 is 9.22 Å². The molecule has 0 aliphatic heterocycles. The lowest BCUT2D eigenvalue weighted by atomic mass is 10.2. The Morgan fingerprint density at radius 1 is 1.20 bits per heavy atom. The molecule has 0 rings (SSSR count). The van der Waals surface area contributed by atoms with Gasteiger partial charge in [0.1, 0.15) is 0 Å². The van der Waals surface area contributed by atoms with Gasteiger partial charge in [-0.25, -0.2) is 0 Å². The largest absolute Gasteiger partial charge is 0.549 e. The molecule has 0 fully saturated rings. The first kappa shape index (κ1) is 14.9. The Morgan fingerprint density at radius 3 is 2.07 bits per heavy atom. The van der Waals surface area contributed by atoms with Crippen molar-refractivity contribution in [3.05, 3.63) is 11.5 Å². The normalized spacial score (nSPS) is 14.2. The van der Waals surface area contributed by atoms with Crippen LogP contribution in [0.1, 0.15) is 26.2 Å². The molecule has 0 unspecified atom stereocenters. The van der Waals surface area contributed by atoms with Crippen LogP contribution in [0.5, 0.6) is 0 Å². The molecule has 0 aromatic rings. The van der Waals surface area contributed by atoms with Gasteiger partial charge in [0.05, 0.1) is 5.38 Å².